The number of fused-ring (bicyclic) bond motifs is 3. The van der Waals surface area contributed by atoms with Crippen LogP contribution in [0.3, 0.4) is 0 Å². The summed E-state index contributed by atoms with van der Waals surface area (Å²) in [6.45, 7) is 11.5. The van der Waals surface area contributed by atoms with Crippen molar-refractivity contribution < 1.29 is 4.79 Å². The van der Waals surface area contributed by atoms with Crippen LogP contribution in [0.25, 0.3) is 10.2 Å². The van der Waals surface area contributed by atoms with E-state index in [0.29, 0.717) is 17.6 Å². The van der Waals surface area contributed by atoms with Gasteiger partial charge in [0.25, 0.3) is 5.56 Å². The molecule has 1 N–H and O–H groups in total. The van der Waals surface area contributed by atoms with Crippen LogP contribution in [0.5, 0.6) is 0 Å². The highest BCUT2D eigenvalue weighted by atomic mass is 32.2. The largest absolute Gasteiger partial charge is 0.325 e. The Hall–Kier alpha value is -2.90. The third-order valence-corrected chi connectivity index (χ3v) is 10.8. The van der Waals surface area contributed by atoms with Gasteiger partial charge in [0, 0.05) is 10.6 Å². The predicted octanol–water partition coefficient (Wildman–Crippen LogP) is 7.65. The van der Waals surface area contributed by atoms with Gasteiger partial charge in [-0.15, -0.1) is 11.3 Å². The maximum absolute atomic E-state index is 14.1. The van der Waals surface area contributed by atoms with Gasteiger partial charge < -0.3 is 5.32 Å². The topological polar surface area (TPSA) is 64.0 Å². The Kier molecular flexibility index (Phi) is 8.52. The van der Waals surface area contributed by atoms with E-state index in [9.17, 15) is 9.59 Å². The zero-order valence-corrected chi connectivity index (χ0v) is 25.8. The minimum absolute atomic E-state index is 0.00892. The van der Waals surface area contributed by atoms with E-state index >= 15 is 0 Å². The molecule has 1 unspecified atom stereocenters. The molecule has 0 aliphatic heterocycles. The van der Waals surface area contributed by atoms with Gasteiger partial charge in [0.2, 0.25) is 5.91 Å². The maximum atomic E-state index is 14.1. The minimum Gasteiger partial charge on any atom is -0.325 e. The molecule has 1 aliphatic rings. The Labute approximate surface area is 245 Å². The van der Waals surface area contributed by atoms with Gasteiger partial charge >= 0.3 is 0 Å². The van der Waals surface area contributed by atoms with Crippen molar-refractivity contribution in [2.75, 3.05) is 11.1 Å². The first-order valence-corrected chi connectivity index (χ1v) is 16.1. The Morgan fingerprint density at radius 2 is 1.93 bits per heavy atom. The fourth-order valence-corrected chi connectivity index (χ4v) is 7.86. The van der Waals surface area contributed by atoms with E-state index in [1.807, 2.05) is 55.5 Å². The van der Waals surface area contributed by atoms with Crippen molar-refractivity contribution in [1.82, 2.24) is 9.55 Å². The van der Waals surface area contributed by atoms with Crippen molar-refractivity contribution in [3.63, 3.8) is 0 Å². The number of aryl methyl sites for hydroxylation is 3. The van der Waals surface area contributed by atoms with E-state index in [1.54, 1.807) is 15.9 Å². The second-order valence-corrected chi connectivity index (χ2v) is 13.6. The lowest BCUT2D eigenvalue weighted by Gasteiger charge is -2.36. The van der Waals surface area contributed by atoms with Crippen LogP contribution in [-0.2, 0) is 30.6 Å². The van der Waals surface area contributed by atoms with E-state index in [2.05, 4.69) is 33.0 Å². The number of carbonyl (C=O) groups excluding carboxylic acids is 1. The lowest BCUT2D eigenvalue weighted by molar-refractivity contribution is -0.113. The highest BCUT2D eigenvalue weighted by molar-refractivity contribution is 7.99. The normalized spacial score (nSPS) is 15.3. The van der Waals surface area contributed by atoms with E-state index < -0.39 is 0 Å². The Balaban J connectivity index is 1.48. The number of nitrogens with zero attached hydrogens (tertiary/aromatic N) is 2. The van der Waals surface area contributed by atoms with Crippen molar-refractivity contribution >= 4 is 44.9 Å². The number of hydrogen-bond donors (Lipinski definition) is 1. The number of anilines is 1. The monoisotopic (exact) mass is 573 g/mol. The van der Waals surface area contributed by atoms with Crippen LogP contribution in [0.2, 0.25) is 0 Å². The number of carbonyl (C=O) groups is 1. The fourth-order valence-electron chi connectivity index (χ4n) is 5.72. The molecule has 0 saturated carbocycles. The second kappa shape index (κ2) is 11.9. The zero-order valence-electron chi connectivity index (χ0n) is 24.2. The fraction of sp³-hybridized carbons (Fsp3) is 0.424. The molecule has 2 aromatic heterocycles. The first kappa shape index (κ1) is 28.6. The standard InChI is InChI=1S/C33H39N3O2S2/c1-6-23-15-11-12-21(3)29(23)34-27(37)20-39-32-35-30-28(31(38)36(32)19-22-13-9-8-10-14-22)25-17-16-24(18-26(25)40-30)33(4,5)7-2/h8-15,24H,6-7,16-20H2,1-5H3,(H,34,37). The number of thioether (sulfide) groups is 1. The summed E-state index contributed by atoms with van der Waals surface area (Å²) < 4.78 is 1.77. The van der Waals surface area contributed by atoms with Gasteiger partial charge in [0.1, 0.15) is 4.83 Å². The third kappa shape index (κ3) is 5.77. The predicted molar refractivity (Wildman–Crippen MR) is 169 cm³/mol. The molecule has 0 spiro atoms. The molecule has 1 amide bonds. The van der Waals surface area contributed by atoms with Crippen LogP contribution < -0.4 is 10.9 Å². The molecular weight excluding hydrogens is 535 g/mol. The molecule has 4 aromatic rings. The van der Waals surface area contributed by atoms with E-state index in [1.165, 1.54) is 22.2 Å². The van der Waals surface area contributed by atoms with E-state index in [-0.39, 0.29) is 22.6 Å². The van der Waals surface area contributed by atoms with Gasteiger partial charge in [-0.05, 0) is 66.2 Å². The van der Waals surface area contributed by atoms with Gasteiger partial charge in [-0.25, -0.2) is 4.98 Å². The van der Waals surface area contributed by atoms with Crippen LogP contribution in [0.1, 0.15) is 67.7 Å². The Bertz CT molecular complexity index is 1590. The van der Waals surface area contributed by atoms with Gasteiger partial charge in [0.15, 0.2) is 5.16 Å². The summed E-state index contributed by atoms with van der Waals surface area (Å²) in [7, 11) is 0. The molecule has 7 heteroatoms. The number of benzene rings is 2. The summed E-state index contributed by atoms with van der Waals surface area (Å²) >= 11 is 3.02. The first-order valence-electron chi connectivity index (χ1n) is 14.3. The average Bonchev–Trinajstić information content (AvgIpc) is 3.33. The van der Waals surface area contributed by atoms with Crippen LogP contribution in [0.4, 0.5) is 5.69 Å². The average molecular weight is 574 g/mol. The summed E-state index contributed by atoms with van der Waals surface area (Å²) in [6.07, 6.45) is 5.03. The summed E-state index contributed by atoms with van der Waals surface area (Å²) in [5, 5.41) is 4.49. The highest BCUT2D eigenvalue weighted by Crippen LogP contribution is 2.44. The zero-order chi connectivity index (χ0) is 28.4. The lowest BCUT2D eigenvalue weighted by atomic mass is 9.70. The van der Waals surface area contributed by atoms with E-state index in [0.717, 1.165) is 64.7 Å². The summed E-state index contributed by atoms with van der Waals surface area (Å²) in [4.78, 5) is 34.4. The van der Waals surface area contributed by atoms with Crippen LogP contribution >= 0.6 is 23.1 Å². The molecule has 0 fully saturated rings. The highest BCUT2D eigenvalue weighted by Gasteiger charge is 2.34. The summed E-state index contributed by atoms with van der Waals surface area (Å²) in [5.41, 5.74) is 5.57. The van der Waals surface area contributed by atoms with Crippen molar-refractivity contribution in [2.45, 2.75) is 78.4 Å². The molecule has 40 heavy (non-hydrogen) atoms. The molecule has 2 aromatic carbocycles. The van der Waals surface area contributed by atoms with Crippen molar-refractivity contribution in [3.8, 4) is 0 Å². The van der Waals surface area contributed by atoms with Crippen LogP contribution in [-0.4, -0.2) is 21.2 Å². The number of para-hydroxylation sites is 1. The van der Waals surface area contributed by atoms with Crippen molar-refractivity contribution in [1.29, 1.82) is 0 Å². The maximum Gasteiger partial charge on any atom is 0.263 e. The molecule has 0 saturated heterocycles. The number of thiophene rings is 1. The van der Waals surface area contributed by atoms with Gasteiger partial charge in [-0.1, -0.05) is 94.4 Å². The van der Waals surface area contributed by atoms with Gasteiger partial charge in [0.05, 0.1) is 17.7 Å². The van der Waals surface area contributed by atoms with Crippen LogP contribution in [0.15, 0.2) is 58.5 Å². The quantitative estimate of drug-likeness (QED) is 0.165. The lowest BCUT2D eigenvalue weighted by Crippen LogP contribution is -2.29. The number of rotatable bonds is 9. The SMILES string of the molecule is CCc1cccc(C)c1NC(=O)CSc1nc2sc3c(c2c(=O)n1Cc1ccccc1)CCC(C(C)(C)CC)C3. The Morgan fingerprint density at radius 1 is 1.15 bits per heavy atom. The van der Waals surface area contributed by atoms with Gasteiger partial charge in [-0.3, -0.25) is 14.2 Å². The number of hydrogen-bond acceptors (Lipinski definition) is 5. The van der Waals surface area contributed by atoms with Crippen molar-refractivity contribution in [3.05, 3.63) is 86.0 Å². The number of nitrogens with one attached hydrogen (secondary N) is 1. The molecule has 2 heterocycles. The molecule has 0 radical (unpaired) electrons. The number of aromatic nitrogens is 2. The molecule has 1 aliphatic carbocycles. The minimum atomic E-state index is -0.0929. The van der Waals surface area contributed by atoms with Crippen molar-refractivity contribution in [2.24, 2.45) is 11.3 Å². The van der Waals surface area contributed by atoms with E-state index in [4.69, 9.17) is 4.98 Å². The smallest absolute Gasteiger partial charge is 0.263 e. The van der Waals surface area contributed by atoms with Gasteiger partial charge in [-0.2, -0.15) is 0 Å². The molecule has 1 atom stereocenters. The number of amides is 1. The van der Waals surface area contributed by atoms with Crippen LogP contribution in [0, 0.1) is 18.3 Å². The first-order chi connectivity index (χ1) is 19.2. The molecular formula is C33H39N3O2S2. The Morgan fingerprint density at radius 3 is 2.65 bits per heavy atom. The summed E-state index contributed by atoms with van der Waals surface area (Å²) in [6, 6.07) is 16.1. The molecule has 5 rings (SSSR count). The second-order valence-electron chi connectivity index (χ2n) is 11.5. The third-order valence-electron chi connectivity index (χ3n) is 8.67. The molecule has 210 valence electrons. The summed E-state index contributed by atoms with van der Waals surface area (Å²) in [5.74, 6) is 0.698. The molecule has 5 nitrogen and oxygen atoms in total. The molecule has 0 bridgehead atoms.